The topological polar surface area (TPSA) is 55.7 Å². The summed E-state index contributed by atoms with van der Waals surface area (Å²) in [6.07, 6.45) is 1.63. The van der Waals surface area contributed by atoms with E-state index in [9.17, 15) is 9.59 Å². The lowest BCUT2D eigenvalue weighted by molar-refractivity contribution is -0.102. The highest BCUT2D eigenvalue weighted by atomic mass is 16.5. The zero-order valence-corrected chi connectivity index (χ0v) is 7.64. The average molecular weight is 191 g/mol. The van der Waals surface area contributed by atoms with Gasteiger partial charge in [-0.15, -0.1) is 0 Å². The summed E-state index contributed by atoms with van der Waals surface area (Å²) in [4.78, 5) is 25.1. The third kappa shape index (κ3) is 2.26. The highest BCUT2D eigenvalue weighted by Gasteiger charge is 2.08. The van der Waals surface area contributed by atoms with E-state index in [1.54, 1.807) is 24.3 Å². The maximum absolute atomic E-state index is 11.2. The highest BCUT2D eigenvalue weighted by molar-refractivity contribution is 6.14. The van der Waals surface area contributed by atoms with E-state index in [1.165, 1.54) is 7.11 Å². The Kier molecular flexibility index (Phi) is 3.55. The summed E-state index contributed by atoms with van der Waals surface area (Å²) >= 11 is 0. The van der Waals surface area contributed by atoms with Gasteiger partial charge >= 0.3 is 5.97 Å². The molecule has 0 amide bonds. The largest absolute Gasteiger partial charge is 0.465 e. The summed E-state index contributed by atoms with van der Waals surface area (Å²) in [6, 6.07) is 6.64. The van der Waals surface area contributed by atoms with Crippen LogP contribution in [0.25, 0.3) is 0 Å². The van der Waals surface area contributed by atoms with Gasteiger partial charge in [-0.2, -0.15) is 0 Å². The maximum atomic E-state index is 11.2. The monoisotopic (exact) mass is 191 g/mol. The van der Waals surface area contributed by atoms with Crippen LogP contribution in [0.3, 0.4) is 0 Å². The Hall–Kier alpha value is -1.97. The summed E-state index contributed by atoms with van der Waals surface area (Å²) in [6.45, 7) is 0. The second-order valence-corrected chi connectivity index (χ2v) is 2.42. The molecule has 0 N–H and O–H groups in total. The number of para-hydroxylation sites is 1. The van der Waals surface area contributed by atoms with Crippen molar-refractivity contribution in [3.8, 4) is 0 Å². The van der Waals surface area contributed by atoms with E-state index in [0.717, 1.165) is 6.21 Å². The summed E-state index contributed by atoms with van der Waals surface area (Å²) in [7, 11) is 1.29. The Morgan fingerprint density at radius 1 is 1.43 bits per heavy atom. The van der Waals surface area contributed by atoms with Crippen LogP contribution in [-0.2, 0) is 9.53 Å². The molecule has 1 aromatic rings. The molecule has 4 heteroatoms. The van der Waals surface area contributed by atoms with Crippen LogP contribution < -0.4 is 0 Å². The summed E-state index contributed by atoms with van der Waals surface area (Å²) < 4.78 is 4.56. The van der Waals surface area contributed by atoms with Crippen LogP contribution in [0, 0.1) is 0 Å². The number of hydrogen-bond acceptors (Lipinski definition) is 4. The van der Waals surface area contributed by atoms with Crippen molar-refractivity contribution in [3.63, 3.8) is 0 Å². The van der Waals surface area contributed by atoms with Gasteiger partial charge in [0.2, 0.25) is 0 Å². The Morgan fingerprint density at radius 2 is 2.14 bits per heavy atom. The van der Waals surface area contributed by atoms with Crippen LogP contribution in [0.2, 0.25) is 0 Å². The number of carbonyl (C=O) groups is 2. The Labute approximate surface area is 81.2 Å². The minimum absolute atomic E-state index is 0.341. The molecular weight excluding hydrogens is 182 g/mol. The van der Waals surface area contributed by atoms with Gasteiger partial charge in [-0.05, 0) is 12.1 Å². The number of methoxy groups -OCH3 is 1. The van der Waals surface area contributed by atoms with E-state index < -0.39 is 5.97 Å². The first kappa shape index (κ1) is 10.1. The molecule has 0 heterocycles. The van der Waals surface area contributed by atoms with E-state index in [2.05, 4.69) is 9.73 Å². The lowest BCUT2D eigenvalue weighted by atomic mass is 10.2. The number of esters is 1. The number of hydrogen-bond donors (Lipinski definition) is 0. The van der Waals surface area contributed by atoms with Crippen LogP contribution >= 0.6 is 0 Å². The van der Waals surface area contributed by atoms with Crippen molar-refractivity contribution in [1.29, 1.82) is 0 Å². The fourth-order valence-electron chi connectivity index (χ4n) is 0.980. The quantitative estimate of drug-likeness (QED) is 0.412. The van der Waals surface area contributed by atoms with E-state index >= 15 is 0 Å². The number of rotatable bonds is 3. The molecule has 0 aliphatic carbocycles. The van der Waals surface area contributed by atoms with Crippen molar-refractivity contribution in [2.75, 3.05) is 7.11 Å². The van der Waals surface area contributed by atoms with Crippen molar-refractivity contribution in [2.45, 2.75) is 0 Å². The van der Waals surface area contributed by atoms with Crippen LogP contribution in [0.4, 0.5) is 5.69 Å². The number of carbonyl (C=O) groups excluding carboxylic acids is 2. The van der Waals surface area contributed by atoms with Crippen LogP contribution in [0.5, 0.6) is 0 Å². The molecule has 0 saturated heterocycles. The second kappa shape index (κ2) is 4.91. The smallest absolute Gasteiger partial charge is 0.340 e. The van der Waals surface area contributed by atoms with E-state index in [0.29, 0.717) is 17.5 Å². The van der Waals surface area contributed by atoms with Crippen LogP contribution in [0.1, 0.15) is 10.4 Å². The van der Waals surface area contributed by atoms with Gasteiger partial charge in [0.15, 0.2) is 6.29 Å². The van der Waals surface area contributed by atoms with Crippen molar-refractivity contribution in [1.82, 2.24) is 0 Å². The molecule has 0 spiro atoms. The molecule has 0 saturated carbocycles. The minimum atomic E-state index is -0.469. The van der Waals surface area contributed by atoms with E-state index in [-0.39, 0.29) is 0 Å². The van der Waals surface area contributed by atoms with E-state index in [4.69, 9.17) is 0 Å². The molecule has 0 aliphatic heterocycles. The SMILES string of the molecule is COC(=O)c1ccccc1N=CC=O. The van der Waals surface area contributed by atoms with Gasteiger partial charge in [-0.3, -0.25) is 9.79 Å². The lowest BCUT2D eigenvalue weighted by Gasteiger charge is -2.01. The number of aldehydes is 1. The fourth-order valence-corrected chi connectivity index (χ4v) is 0.980. The third-order valence-corrected chi connectivity index (χ3v) is 1.58. The summed E-state index contributed by atoms with van der Waals surface area (Å²) in [5.41, 5.74) is 0.763. The normalized spacial score (nSPS) is 10.1. The molecule has 0 aliphatic rings. The van der Waals surface area contributed by atoms with Crippen LogP contribution in [-0.4, -0.2) is 25.6 Å². The first-order valence-corrected chi connectivity index (χ1v) is 3.94. The zero-order valence-electron chi connectivity index (χ0n) is 7.64. The number of benzene rings is 1. The Morgan fingerprint density at radius 3 is 2.79 bits per heavy atom. The van der Waals surface area contributed by atoms with Gasteiger partial charge < -0.3 is 4.74 Å². The maximum Gasteiger partial charge on any atom is 0.340 e. The lowest BCUT2D eigenvalue weighted by Crippen LogP contribution is -2.01. The third-order valence-electron chi connectivity index (χ3n) is 1.58. The second-order valence-electron chi connectivity index (χ2n) is 2.42. The molecule has 14 heavy (non-hydrogen) atoms. The molecule has 4 nitrogen and oxygen atoms in total. The number of aliphatic imine (C=N–C) groups is 1. The van der Waals surface area contributed by atoms with E-state index in [1.807, 2.05) is 0 Å². The van der Waals surface area contributed by atoms with Crippen molar-refractivity contribution in [2.24, 2.45) is 4.99 Å². The molecular formula is C10H9NO3. The number of ether oxygens (including phenoxy) is 1. The van der Waals surface area contributed by atoms with Crippen molar-refractivity contribution < 1.29 is 14.3 Å². The van der Waals surface area contributed by atoms with Gasteiger partial charge in [0.25, 0.3) is 0 Å². The van der Waals surface area contributed by atoms with Crippen molar-refractivity contribution in [3.05, 3.63) is 29.8 Å². The fraction of sp³-hybridized carbons (Fsp3) is 0.100. The number of nitrogens with zero attached hydrogens (tertiary/aromatic N) is 1. The van der Waals surface area contributed by atoms with Crippen LogP contribution in [0.15, 0.2) is 29.3 Å². The van der Waals surface area contributed by atoms with Crippen molar-refractivity contribution >= 4 is 24.2 Å². The van der Waals surface area contributed by atoms with Gasteiger partial charge in [0.05, 0.1) is 24.6 Å². The zero-order chi connectivity index (χ0) is 10.4. The molecule has 72 valence electrons. The molecule has 1 rings (SSSR count). The van der Waals surface area contributed by atoms with Gasteiger partial charge in [-0.1, -0.05) is 12.1 Å². The first-order valence-electron chi connectivity index (χ1n) is 3.94. The predicted octanol–water partition coefficient (Wildman–Crippen LogP) is 1.37. The Bertz CT molecular complexity index is 371. The molecule has 0 unspecified atom stereocenters. The molecule has 0 atom stereocenters. The minimum Gasteiger partial charge on any atom is -0.465 e. The molecule has 0 bridgehead atoms. The predicted molar refractivity (Wildman–Crippen MR) is 52.0 cm³/mol. The van der Waals surface area contributed by atoms with Gasteiger partial charge in [0, 0.05) is 0 Å². The summed E-state index contributed by atoms with van der Waals surface area (Å²) in [5, 5.41) is 0. The van der Waals surface area contributed by atoms with Gasteiger partial charge in [0.1, 0.15) is 0 Å². The summed E-state index contributed by atoms with van der Waals surface area (Å²) in [5.74, 6) is -0.469. The highest BCUT2D eigenvalue weighted by Crippen LogP contribution is 2.18. The van der Waals surface area contributed by atoms with Gasteiger partial charge in [-0.25, -0.2) is 4.79 Å². The standard InChI is InChI=1S/C10H9NO3/c1-14-10(13)8-4-2-3-5-9(8)11-6-7-12/h2-7H,1H3. The molecule has 0 radical (unpaired) electrons. The Balaban J connectivity index is 3.08. The first-order chi connectivity index (χ1) is 6.79. The average Bonchev–Trinajstić information content (AvgIpc) is 2.25. The molecule has 0 fully saturated rings. The molecule has 1 aromatic carbocycles. The molecule has 0 aromatic heterocycles.